The minimum Gasteiger partial charge on any atom is -0.329 e. The molecule has 17 heavy (non-hydrogen) atoms. The van der Waals surface area contributed by atoms with Crippen LogP contribution in [0.15, 0.2) is 32.0 Å². The number of sulfonamides is 1. The predicted octanol–water partition coefficient (Wildman–Crippen LogP) is 2.23. The molecule has 1 rings (SSSR count). The van der Waals surface area contributed by atoms with Crippen LogP contribution in [-0.2, 0) is 10.0 Å². The zero-order valence-electron chi connectivity index (χ0n) is 9.50. The Morgan fingerprint density at radius 2 is 1.94 bits per heavy atom. The Labute approximate surface area is 118 Å². The Hall–Kier alpha value is 0.0500. The molecule has 0 bridgehead atoms. The number of benzene rings is 1. The van der Waals surface area contributed by atoms with E-state index in [9.17, 15) is 8.42 Å². The van der Waals surface area contributed by atoms with E-state index in [4.69, 9.17) is 5.73 Å². The average molecular weight is 386 g/mol. The van der Waals surface area contributed by atoms with Crippen molar-refractivity contribution in [2.24, 2.45) is 5.73 Å². The van der Waals surface area contributed by atoms with Gasteiger partial charge in [0.05, 0.1) is 4.90 Å². The molecule has 0 spiro atoms. The molecule has 0 saturated heterocycles. The Balaban J connectivity index is 3.14. The van der Waals surface area contributed by atoms with Crippen molar-refractivity contribution in [1.82, 2.24) is 4.72 Å². The maximum atomic E-state index is 12.1. The van der Waals surface area contributed by atoms with Gasteiger partial charge in [-0.25, -0.2) is 13.1 Å². The molecule has 0 aliphatic heterocycles. The molecule has 96 valence electrons. The molecule has 0 radical (unpaired) electrons. The summed E-state index contributed by atoms with van der Waals surface area (Å²) in [7, 11) is -3.58. The van der Waals surface area contributed by atoms with Crippen LogP contribution in [0.2, 0.25) is 0 Å². The van der Waals surface area contributed by atoms with Crippen LogP contribution >= 0.6 is 31.9 Å². The van der Waals surface area contributed by atoms with Gasteiger partial charge in [-0.2, -0.15) is 0 Å². The third kappa shape index (κ3) is 4.03. The highest BCUT2D eigenvalue weighted by Gasteiger charge is 2.26. The summed E-state index contributed by atoms with van der Waals surface area (Å²) in [4.78, 5) is 0.197. The van der Waals surface area contributed by atoms with Crippen molar-refractivity contribution >= 4 is 41.9 Å². The maximum absolute atomic E-state index is 12.1. The molecule has 0 aliphatic carbocycles. The minimum absolute atomic E-state index is 0.197. The van der Waals surface area contributed by atoms with Crippen LogP contribution in [0.1, 0.15) is 13.8 Å². The molecule has 1 aromatic rings. The topological polar surface area (TPSA) is 72.2 Å². The number of rotatable bonds is 4. The summed E-state index contributed by atoms with van der Waals surface area (Å²) in [5.74, 6) is 0. The molecule has 0 fully saturated rings. The number of nitrogens with one attached hydrogen (secondary N) is 1. The lowest BCUT2D eigenvalue weighted by Crippen LogP contribution is -2.48. The molecular weight excluding hydrogens is 372 g/mol. The molecular formula is C10H14Br2N2O2S. The van der Waals surface area contributed by atoms with Gasteiger partial charge < -0.3 is 5.73 Å². The van der Waals surface area contributed by atoms with Crippen LogP contribution in [0.5, 0.6) is 0 Å². The Kier molecular flexibility index (Phi) is 4.76. The lowest BCUT2D eigenvalue weighted by atomic mass is 10.1. The molecule has 0 atom stereocenters. The first-order valence-corrected chi connectivity index (χ1v) is 7.94. The molecule has 0 amide bonds. The van der Waals surface area contributed by atoms with E-state index in [0.717, 1.165) is 4.47 Å². The van der Waals surface area contributed by atoms with E-state index < -0.39 is 15.6 Å². The molecule has 7 heteroatoms. The molecule has 3 N–H and O–H groups in total. The molecule has 0 saturated carbocycles. The summed E-state index contributed by atoms with van der Waals surface area (Å²) in [5.41, 5.74) is 4.83. The van der Waals surface area contributed by atoms with Crippen molar-refractivity contribution in [2.45, 2.75) is 24.3 Å². The summed E-state index contributed by atoms with van der Waals surface area (Å²) >= 11 is 6.50. The number of nitrogens with two attached hydrogens (primary N) is 1. The fourth-order valence-corrected chi connectivity index (χ4v) is 4.32. The second kappa shape index (κ2) is 5.36. The smallest absolute Gasteiger partial charge is 0.242 e. The normalized spacial score (nSPS) is 12.8. The SMILES string of the molecule is CC(C)(CN)NS(=O)(=O)c1ccc(Br)cc1Br. The fourth-order valence-electron chi connectivity index (χ4n) is 1.15. The van der Waals surface area contributed by atoms with Crippen molar-refractivity contribution in [3.8, 4) is 0 Å². The first-order chi connectivity index (χ1) is 7.68. The van der Waals surface area contributed by atoms with Gasteiger partial charge in [0.15, 0.2) is 0 Å². The summed E-state index contributed by atoms with van der Waals surface area (Å²) in [6.45, 7) is 3.69. The van der Waals surface area contributed by atoms with E-state index >= 15 is 0 Å². The van der Waals surface area contributed by atoms with E-state index in [1.165, 1.54) is 6.07 Å². The highest BCUT2D eigenvalue weighted by atomic mass is 79.9. The second-order valence-corrected chi connectivity index (χ2v) is 7.69. The molecule has 4 nitrogen and oxygen atoms in total. The van der Waals surface area contributed by atoms with Gasteiger partial charge >= 0.3 is 0 Å². The van der Waals surface area contributed by atoms with Crippen molar-refractivity contribution in [3.05, 3.63) is 27.1 Å². The second-order valence-electron chi connectivity index (χ2n) is 4.27. The highest BCUT2D eigenvalue weighted by molar-refractivity contribution is 9.11. The van der Waals surface area contributed by atoms with Gasteiger partial charge in [0, 0.05) is 21.0 Å². The molecule has 0 aromatic heterocycles. The van der Waals surface area contributed by atoms with Crippen LogP contribution < -0.4 is 10.5 Å². The van der Waals surface area contributed by atoms with Crippen LogP contribution in [0.25, 0.3) is 0 Å². The summed E-state index contributed by atoms with van der Waals surface area (Å²) < 4.78 is 28.1. The van der Waals surface area contributed by atoms with E-state index in [1.807, 2.05) is 0 Å². The van der Waals surface area contributed by atoms with Gasteiger partial charge in [0.1, 0.15) is 0 Å². The quantitative estimate of drug-likeness (QED) is 0.834. The van der Waals surface area contributed by atoms with Crippen molar-refractivity contribution in [2.75, 3.05) is 6.54 Å². The first kappa shape index (κ1) is 15.1. The monoisotopic (exact) mass is 384 g/mol. The Morgan fingerprint density at radius 1 is 1.35 bits per heavy atom. The van der Waals surface area contributed by atoms with Crippen molar-refractivity contribution in [1.29, 1.82) is 0 Å². The standard InChI is InChI=1S/C10H14Br2N2O2S/c1-10(2,6-13)14-17(15,16)9-4-3-7(11)5-8(9)12/h3-5,14H,6,13H2,1-2H3. The molecule has 0 unspecified atom stereocenters. The fraction of sp³-hybridized carbons (Fsp3) is 0.400. The maximum Gasteiger partial charge on any atom is 0.242 e. The van der Waals surface area contributed by atoms with Gasteiger partial charge in [-0.05, 0) is 48.0 Å². The largest absolute Gasteiger partial charge is 0.329 e. The number of hydrogen-bond acceptors (Lipinski definition) is 3. The third-order valence-electron chi connectivity index (χ3n) is 2.10. The molecule has 1 aromatic carbocycles. The third-order valence-corrected chi connectivity index (χ3v) is 5.27. The van der Waals surface area contributed by atoms with Crippen molar-refractivity contribution < 1.29 is 8.42 Å². The zero-order valence-corrected chi connectivity index (χ0v) is 13.5. The van der Waals surface area contributed by atoms with E-state index in [2.05, 4.69) is 36.6 Å². The lowest BCUT2D eigenvalue weighted by molar-refractivity contribution is 0.462. The van der Waals surface area contributed by atoms with E-state index in [1.54, 1.807) is 26.0 Å². The zero-order chi connectivity index (χ0) is 13.3. The van der Waals surface area contributed by atoms with Gasteiger partial charge in [0.25, 0.3) is 0 Å². The molecule has 0 aliphatic rings. The summed E-state index contributed by atoms with van der Waals surface area (Å²) in [6, 6.07) is 4.89. The Morgan fingerprint density at radius 3 is 2.41 bits per heavy atom. The average Bonchev–Trinajstić information content (AvgIpc) is 2.15. The van der Waals surface area contributed by atoms with Gasteiger partial charge in [0.2, 0.25) is 10.0 Å². The van der Waals surface area contributed by atoms with Crippen LogP contribution in [0, 0.1) is 0 Å². The minimum atomic E-state index is -3.58. The number of hydrogen-bond donors (Lipinski definition) is 2. The van der Waals surface area contributed by atoms with Gasteiger partial charge in [-0.1, -0.05) is 15.9 Å². The predicted molar refractivity (Wildman–Crippen MR) is 75.3 cm³/mol. The van der Waals surface area contributed by atoms with Crippen LogP contribution in [-0.4, -0.2) is 20.5 Å². The van der Waals surface area contributed by atoms with E-state index in [0.29, 0.717) is 4.47 Å². The van der Waals surface area contributed by atoms with Crippen LogP contribution in [0.4, 0.5) is 0 Å². The summed E-state index contributed by atoms with van der Waals surface area (Å²) in [6.07, 6.45) is 0. The van der Waals surface area contributed by atoms with Crippen molar-refractivity contribution in [3.63, 3.8) is 0 Å². The highest BCUT2D eigenvalue weighted by Crippen LogP contribution is 2.26. The van der Waals surface area contributed by atoms with Gasteiger partial charge in [-0.3, -0.25) is 0 Å². The van der Waals surface area contributed by atoms with Crippen LogP contribution in [0.3, 0.4) is 0 Å². The lowest BCUT2D eigenvalue weighted by Gasteiger charge is -2.24. The Bertz CT molecular complexity index is 515. The first-order valence-electron chi connectivity index (χ1n) is 4.87. The molecule has 0 heterocycles. The summed E-state index contributed by atoms with van der Waals surface area (Å²) in [5, 5.41) is 0. The number of halogens is 2. The van der Waals surface area contributed by atoms with E-state index in [-0.39, 0.29) is 11.4 Å². The van der Waals surface area contributed by atoms with Gasteiger partial charge in [-0.15, -0.1) is 0 Å².